The average Bonchev–Trinajstić information content (AvgIpc) is 3.18. The molecule has 31 heavy (non-hydrogen) atoms. The van der Waals surface area contributed by atoms with Crippen molar-refractivity contribution in [2.75, 3.05) is 23.3 Å². The Morgan fingerprint density at radius 1 is 1.13 bits per heavy atom. The Bertz CT molecular complexity index is 1130. The molecule has 0 spiro atoms. The van der Waals surface area contributed by atoms with Gasteiger partial charge in [0.1, 0.15) is 11.8 Å². The topological polar surface area (TPSA) is 109 Å². The first-order valence-corrected chi connectivity index (χ1v) is 10.3. The second-order valence-electron chi connectivity index (χ2n) is 7.44. The SMILES string of the molecule is CCN(CC)c1ccc(-c2nc3n(n2)C(c2ccc(O)cc2)C(C(N)=O)=C(C)N3)cc1. The number of rotatable bonds is 6. The van der Waals surface area contributed by atoms with Crippen molar-refractivity contribution in [1.82, 2.24) is 14.8 Å². The first-order valence-electron chi connectivity index (χ1n) is 10.3. The summed E-state index contributed by atoms with van der Waals surface area (Å²) < 4.78 is 1.67. The summed E-state index contributed by atoms with van der Waals surface area (Å²) in [5.74, 6) is 0.695. The van der Waals surface area contributed by atoms with Crippen LogP contribution in [0.15, 0.2) is 59.8 Å². The number of carbonyl (C=O) groups excluding carboxylic acids is 1. The van der Waals surface area contributed by atoms with E-state index in [0.29, 0.717) is 23.0 Å². The quantitative estimate of drug-likeness (QED) is 0.567. The third kappa shape index (κ3) is 3.72. The maximum Gasteiger partial charge on any atom is 0.248 e. The van der Waals surface area contributed by atoms with Gasteiger partial charge in [0, 0.05) is 30.0 Å². The minimum Gasteiger partial charge on any atom is -0.508 e. The number of amides is 1. The number of aromatic nitrogens is 3. The van der Waals surface area contributed by atoms with Crippen LogP contribution in [0.1, 0.15) is 32.4 Å². The zero-order valence-corrected chi connectivity index (χ0v) is 17.8. The largest absolute Gasteiger partial charge is 0.508 e. The minimum atomic E-state index is -0.537. The fourth-order valence-corrected chi connectivity index (χ4v) is 3.97. The van der Waals surface area contributed by atoms with Crippen molar-refractivity contribution in [1.29, 1.82) is 0 Å². The van der Waals surface area contributed by atoms with E-state index in [1.165, 1.54) is 0 Å². The van der Waals surface area contributed by atoms with Crippen LogP contribution in [0.2, 0.25) is 0 Å². The van der Waals surface area contributed by atoms with Gasteiger partial charge in [-0.3, -0.25) is 4.79 Å². The predicted octanol–water partition coefficient (Wildman–Crippen LogP) is 3.27. The molecule has 1 aliphatic rings. The van der Waals surface area contributed by atoms with Crippen LogP contribution in [0, 0.1) is 0 Å². The maximum absolute atomic E-state index is 12.3. The molecule has 1 aromatic heterocycles. The van der Waals surface area contributed by atoms with Crippen LogP contribution in [0.4, 0.5) is 11.6 Å². The second kappa shape index (κ2) is 8.14. The highest BCUT2D eigenvalue weighted by Gasteiger charge is 2.33. The Labute approximate surface area is 181 Å². The third-order valence-electron chi connectivity index (χ3n) is 5.58. The number of benzene rings is 2. The normalized spacial score (nSPS) is 15.4. The Balaban J connectivity index is 1.76. The molecule has 1 unspecified atom stereocenters. The number of nitrogens with zero attached hydrogens (tertiary/aromatic N) is 4. The number of primary amides is 1. The molecule has 8 nitrogen and oxygen atoms in total. The highest BCUT2D eigenvalue weighted by Crippen LogP contribution is 2.36. The summed E-state index contributed by atoms with van der Waals surface area (Å²) >= 11 is 0. The molecule has 0 saturated carbocycles. The number of nitrogens with one attached hydrogen (secondary N) is 1. The van der Waals surface area contributed by atoms with Crippen molar-refractivity contribution in [3.63, 3.8) is 0 Å². The lowest BCUT2D eigenvalue weighted by atomic mass is 9.95. The molecule has 0 fully saturated rings. The summed E-state index contributed by atoms with van der Waals surface area (Å²) in [6.07, 6.45) is 0. The Morgan fingerprint density at radius 3 is 2.35 bits per heavy atom. The third-order valence-corrected chi connectivity index (χ3v) is 5.58. The molecule has 0 saturated heterocycles. The minimum absolute atomic E-state index is 0.145. The first-order chi connectivity index (χ1) is 14.9. The number of fused-ring (bicyclic) bond motifs is 1. The van der Waals surface area contributed by atoms with Crippen LogP contribution in [0.25, 0.3) is 11.4 Å². The van der Waals surface area contributed by atoms with Gasteiger partial charge in [-0.15, -0.1) is 5.10 Å². The lowest BCUT2D eigenvalue weighted by Gasteiger charge is -2.27. The van der Waals surface area contributed by atoms with Crippen LogP contribution in [-0.2, 0) is 4.79 Å². The van der Waals surface area contributed by atoms with Gasteiger partial charge in [-0.1, -0.05) is 12.1 Å². The van der Waals surface area contributed by atoms with E-state index in [2.05, 4.69) is 41.2 Å². The molecule has 3 aromatic rings. The number of phenolic OH excluding ortho intramolecular Hbond substituents is 1. The van der Waals surface area contributed by atoms with Gasteiger partial charge in [-0.25, -0.2) is 4.68 Å². The van der Waals surface area contributed by atoms with E-state index in [0.717, 1.165) is 29.9 Å². The zero-order valence-electron chi connectivity index (χ0n) is 17.8. The van der Waals surface area contributed by atoms with Gasteiger partial charge in [0.2, 0.25) is 11.9 Å². The summed E-state index contributed by atoms with van der Waals surface area (Å²) in [6.45, 7) is 7.93. The van der Waals surface area contributed by atoms with Crippen molar-refractivity contribution < 1.29 is 9.90 Å². The zero-order chi connectivity index (χ0) is 22.1. The standard InChI is InChI=1S/C23H26N6O2/c1-4-28(5-2)17-10-6-16(7-11-17)22-26-23-25-14(3)19(21(24)31)20(29(23)27-22)15-8-12-18(30)13-9-15/h6-13,20,30H,4-5H2,1-3H3,(H2,24,31)(H,25,26,27). The number of anilines is 2. The number of allylic oxidation sites excluding steroid dienone is 1. The molecule has 8 heteroatoms. The molecular weight excluding hydrogens is 392 g/mol. The monoisotopic (exact) mass is 418 g/mol. The summed E-state index contributed by atoms with van der Waals surface area (Å²) in [6, 6.07) is 14.3. The molecule has 4 rings (SSSR count). The van der Waals surface area contributed by atoms with Crippen LogP contribution < -0.4 is 16.0 Å². The van der Waals surface area contributed by atoms with E-state index in [9.17, 15) is 9.90 Å². The number of aromatic hydroxyl groups is 1. The number of hydrogen-bond donors (Lipinski definition) is 3. The highest BCUT2D eigenvalue weighted by atomic mass is 16.3. The highest BCUT2D eigenvalue weighted by molar-refractivity contribution is 5.95. The lowest BCUT2D eigenvalue weighted by molar-refractivity contribution is -0.115. The molecule has 1 amide bonds. The van der Waals surface area contributed by atoms with Crippen molar-refractivity contribution >= 4 is 17.5 Å². The Morgan fingerprint density at radius 2 is 1.77 bits per heavy atom. The van der Waals surface area contributed by atoms with E-state index in [1.54, 1.807) is 35.9 Å². The predicted molar refractivity (Wildman–Crippen MR) is 121 cm³/mol. The van der Waals surface area contributed by atoms with Gasteiger partial charge < -0.3 is 21.1 Å². The number of hydrogen-bond acceptors (Lipinski definition) is 6. The van der Waals surface area contributed by atoms with Crippen molar-refractivity contribution in [3.05, 3.63) is 65.4 Å². The molecule has 0 radical (unpaired) electrons. The number of phenols is 1. The van der Waals surface area contributed by atoms with Crippen molar-refractivity contribution in [3.8, 4) is 17.1 Å². The van der Waals surface area contributed by atoms with Gasteiger partial charge in [0.25, 0.3) is 0 Å². The number of nitrogens with two attached hydrogens (primary N) is 1. The molecule has 160 valence electrons. The Kier molecular flexibility index (Phi) is 5.37. The number of carbonyl (C=O) groups is 1. The second-order valence-corrected chi connectivity index (χ2v) is 7.44. The lowest BCUT2D eigenvalue weighted by Crippen LogP contribution is -2.31. The summed E-state index contributed by atoms with van der Waals surface area (Å²) in [7, 11) is 0. The summed E-state index contributed by atoms with van der Waals surface area (Å²) in [4.78, 5) is 19.2. The first kappa shape index (κ1) is 20.5. The van der Waals surface area contributed by atoms with Crippen LogP contribution in [0.3, 0.4) is 0 Å². The molecule has 2 aromatic carbocycles. The van der Waals surface area contributed by atoms with Crippen molar-refractivity contribution in [2.45, 2.75) is 26.8 Å². The van der Waals surface area contributed by atoms with Crippen LogP contribution in [-0.4, -0.2) is 38.9 Å². The van der Waals surface area contributed by atoms with Gasteiger partial charge in [0.15, 0.2) is 5.82 Å². The van der Waals surface area contributed by atoms with E-state index >= 15 is 0 Å². The molecular formula is C23H26N6O2. The Hall–Kier alpha value is -3.81. The van der Waals surface area contributed by atoms with E-state index in [4.69, 9.17) is 10.8 Å². The van der Waals surface area contributed by atoms with E-state index in [1.807, 2.05) is 12.1 Å². The molecule has 0 bridgehead atoms. The molecule has 1 atom stereocenters. The smallest absolute Gasteiger partial charge is 0.248 e. The van der Waals surface area contributed by atoms with E-state index in [-0.39, 0.29) is 5.75 Å². The molecule has 1 aliphatic heterocycles. The van der Waals surface area contributed by atoms with Gasteiger partial charge in [-0.2, -0.15) is 4.98 Å². The molecule has 4 N–H and O–H groups in total. The molecule has 2 heterocycles. The average molecular weight is 419 g/mol. The van der Waals surface area contributed by atoms with Gasteiger partial charge >= 0.3 is 0 Å². The van der Waals surface area contributed by atoms with Crippen molar-refractivity contribution in [2.24, 2.45) is 5.73 Å². The summed E-state index contributed by atoms with van der Waals surface area (Å²) in [5.41, 5.74) is 9.55. The van der Waals surface area contributed by atoms with Crippen LogP contribution in [0.5, 0.6) is 5.75 Å². The van der Waals surface area contributed by atoms with Gasteiger partial charge in [-0.05, 0) is 62.7 Å². The van der Waals surface area contributed by atoms with Crippen LogP contribution >= 0.6 is 0 Å². The fraction of sp³-hybridized carbons (Fsp3) is 0.261. The fourth-order valence-electron chi connectivity index (χ4n) is 3.97. The van der Waals surface area contributed by atoms with Gasteiger partial charge in [0.05, 0.1) is 5.57 Å². The van der Waals surface area contributed by atoms with E-state index < -0.39 is 11.9 Å². The maximum atomic E-state index is 12.3. The molecule has 0 aliphatic carbocycles. The summed E-state index contributed by atoms with van der Waals surface area (Å²) in [5, 5.41) is 17.5.